The van der Waals surface area contributed by atoms with Gasteiger partial charge in [-0.3, -0.25) is 4.79 Å². The fourth-order valence-corrected chi connectivity index (χ4v) is 4.65. The summed E-state index contributed by atoms with van der Waals surface area (Å²) in [5.41, 5.74) is -0.396. The highest BCUT2D eigenvalue weighted by Gasteiger charge is 2.60. The molecule has 0 aromatic carbocycles. The monoisotopic (exact) mass is 312 g/mol. The molecule has 126 valence electrons. The molecule has 4 fully saturated rings. The van der Waals surface area contributed by atoms with Crippen molar-refractivity contribution in [3.63, 3.8) is 0 Å². The van der Waals surface area contributed by atoms with Gasteiger partial charge < -0.3 is 9.47 Å². The molecule has 22 heavy (non-hydrogen) atoms. The predicted molar refractivity (Wildman–Crippen MR) is 79.7 cm³/mol. The van der Waals surface area contributed by atoms with Gasteiger partial charge in [-0.2, -0.15) is 0 Å². The van der Waals surface area contributed by atoms with E-state index < -0.39 is 11.4 Å². The molecule has 0 N–H and O–H groups in total. The molecule has 0 unspecified atom stereocenters. The van der Waals surface area contributed by atoms with Crippen molar-refractivity contribution in [2.45, 2.75) is 64.8 Å². The van der Waals surface area contributed by atoms with Crippen LogP contribution in [0.15, 0.2) is 0 Å². The van der Waals surface area contributed by atoms with Gasteiger partial charge in [0.2, 0.25) is 0 Å². The van der Waals surface area contributed by atoms with Crippen LogP contribution in [0.5, 0.6) is 0 Å². The Bertz CT molecular complexity index is 427. The first kappa shape index (κ1) is 16.2. The van der Waals surface area contributed by atoms with Gasteiger partial charge in [0.15, 0.2) is 5.79 Å². The highest BCUT2D eigenvalue weighted by atomic mass is 17.2. The van der Waals surface area contributed by atoms with Gasteiger partial charge in [-0.05, 0) is 49.9 Å². The molecule has 3 saturated heterocycles. The summed E-state index contributed by atoms with van der Waals surface area (Å²) in [6, 6.07) is 0. The van der Waals surface area contributed by atoms with Gasteiger partial charge in [-0.25, -0.2) is 9.78 Å². The molecule has 0 amide bonds. The maximum Gasteiger partial charge on any atom is 0.302 e. The fraction of sp³-hybridized carbons (Fsp3) is 0.941. The first-order chi connectivity index (χ1) is 10.4. The van der Waals surface area contributed by atoms with Gasteiger partial charge >= 0.3 is 5.97 Å². The van der Waals surface area contributed by atoms with Crippen LogP contribution in [0.2, 0.25) is 0 Å². The maximum atomic E-state index is 11.1. The van der Waals surface area contributed by atoms with E-state index in [2.05, 4.69) is 13.8 Å². The van der Waals surface area contributed by atoms with Crippen molar-refractivity contribution in [3.8, 4) is 0 Å². The molecule has 3 aliphatic heterocycles. The Labute approximate surface area is 132 Å². The van der Waals surface area contributed by atoms with Crippen LogP contribution in [0.3, 0.4) is 0 Å². The lowest BCUT2D eigenvalue weighted by molar-refractivity contribution is -0.517. The number of hydrogen-bond donors (Lipinski definition) is 0. The van der Waals surface area contributed by atoms with Gasteiger partial charge in [0.05, 0.1) is 13.2 Å². The molecule has 0 radical (unpaired) electrons. The molecule has 1 saturated carbocycles. The fourth-order valence-electron chi connectivity index (χ4n) is 4.65. The highest BCUT2D eigenvalue weighted by molar-refractivity contribution is 5.65. The van der Waals surface area contributed by atoms with Crippen LogP contribution in [-0.2, 0) is 24.0 Å². The second-order valence-electron chi connectivity index (χ2n) is 7.63. The average molecular weight is 312 g/mol. The SMILES string of the molecule is CC(=O)OC[C@H](C)[C@@H]1CC[C@@H](C)[C@@H]2CC[C@]3(C)OC[C@@]21OO3. The second kappa shape index (κ2) is 5.77. The number of rotatable bonds is 3. The number of carbonyl (C=O) groups is 1. The van der Waals surface area contributed by atoms with Gasteiger partial charge in [0, 0.05) is 13.3 Å². The normalized spacial score (nSPS) is 45.7. The van der Waals surface area contributed by atoms with Crippen molar-refractivity contribution in [3.05, 3.63) is 0 Å². The van der Waals surface area contributed by atoms with E-state index >= 15 is 0 Å². The van der Waals surface area contributed by atoms with Gasteiger partial charge in [-0.15, -0.1) is 0 Å². The zero-order chi connectivity index (χ0) is 16.0. The highest BCUT2D eigenvalue weighted by Crippen LogP contribution is 2.55. The summed E-state index contributed by atoms with van der Waals surface area (Å²) in [4.78, 5) is 22.8. The lowest BCUT2D eigenvalue weighted by Gasteiger charge is -2.53. The summed E-state index contributed by atoms with van der Waals surface area (Å²) in [7, 11) is 0. The zero-order valence-electron chi connectivity index (χ0n) is 14.1. The summed E-state index contributed by atoms with van der Waals surface area (Å²) in [6.07, 6.45) is 4.17. The average Bonchev–Trinajstić information content (AvgIpc) is 2.72. The van der Waals surface area contributed by atoms with Crippen LogP contribution < -0.4 is 0 Å². The smallest absolute Gasteiger partial charge is 0.302 e. The molecular formula is C17H28O5. The van der Waals surface area contributed by atoms with Crippen molar-refractivity contribution >= 4 is 5.97 Å². The molecule has 1 aliphatic carbocycles. The lowest BCUT2D eigenvalue weighted by atomic mass is 9.60. The van der Waals surface area contributed by atoms with Gasteiger partial charge in [0.1, 0.15) is 5.60 Å². The zero-order valence-corrected chi connectivity index (χ0v) is 14.1. The van der Waals surface area contributed by atoms with Crippen LogP contribution in [0.1, 0.15) is 53.4 Å². The molecule has 0 aromatic heterocycles. The van der Waals surface area contributed by atoms with E-state index in [1.165, 1.54) is 13.3 Å². The Hall–Kier alpha value is -0.650. The minimum absolute atomic E-state index is 0.226. The molecule has 0 aromatic rings. The third-order valence-corrected chi connectivity index (χ3v) is 6.00. The lowest BCUT2D eigenvalue weighted by Crippen LogP contribution is -2.60. The van der Waals surface area contributed by atoms with Gasteiger partial charge in [-0.1, -0.05) is 13.8 Å². The quantitative estimate of drug-likeness (QED) is 0.592. The largest absolute Gasteiger partial charge is 0.466 e. The molecule has 5 nitrogen and oxygen atoms in total. The molecule has 2 bridgehead atoms. The number of esters is 1. The van der Waals surface area contributed by atoms with E-state index in [1.807, 2.05) is 6.92 Å². The third kappa shape index (κ3) is 2.68. The molecule has 5 heteroatoms. The van der Waals surface area contributed by atoms with E-state index in [4.69, 9.17) is 19.2 Å². The van der Waals surface area contributed by atoms with Crippen LogP contribution in [0, 0.1) is 23.7 Å². The van der Waals surface area contributed by atoms with E-state index in [1.54, 1.807) is 0 Å². The van der Waals surface area contributed by atoms with Crippen molar-refractivity contribution in [2.24, 2.45) is 23.7 Å². The molecule has 1 spiro atoms. The van der Waals surface area contributed by atoms with E-state index in [9.17, 15) is 4.79 Å². The van der Waals surface area contributed by atoms with Crippen molar-refractivity contribution < 1.29 is 24.0 Å². The first-order valence-corrected chi connectivity index (χ1v) is 8.50. The number of hydrogen-bond acceptors (Lipinski definition) is 5. The Kier molecular flexibility index (Phi) is 4.25. The maximum absolute atomic E-state index is 11.1. The standard InChI is InChI=1S/C17H28O5/c1-11-5-6-14(12(2)9-19-13(3)18)17-10-20-16(4,21-22-17)8-7-15(11)17/h11-12,14-15H,5-10H2,1-4H3/t11-,12+,14+,15+,16-,17+/m1/s1. The number of ether oxygens (including phenoxy) is 2. The molecule has 3 heterocycles. The first-order valence-electron chi connectivity index (χ1n) is 8.50. The Balaban J connectivity index is 1.83. The molecule has 4 aliphatic rings. The van der Waals surface area contributed by atoms with Crippen LogP contribution in [0.25, 0.3) is 0 Å². The van der Waals surface area contributed by atoms with Crippen LogP contribution in [0.4, 0.5) is 0 Å². The van der Waals surface area contributed by atoms with Crippen molar-refractivity contribution in [1.29, 1.82) is 0 Å². The van der Waals surface area contributed by atoms with Crippen molar-refractivity contribution in [1.82, 2.24) is 0 Å². The molecule has 4 rings (SSSR count). The number of fused-ring (bicyclic) bond motifs is 3. The van der Waals surface area contributed by atoms with E-state index in [-0.39, 0.29) is 17.8 Å². The second-order valence-corrected chi connectivity index (χ2v) is 7.63. The summed E-state index contributed by atoms with van der Waals surface area (Å²) in [5.74, 6) is 0.728. The van der Waals surface area contributed by atoms with E-state index in [0.717, 1.165) is 19.3 Å². The Morgan fingerprint density at radius 3 is 2.73 bits per heavy atom. The number of carbonyl (C=O) groups excluding carboxylic acids is 1. The minimum Gasteiger partial charge on any atom is -0.466 e. The molecular weight excluding hydrogens is 284 g/mol. The third-order valence-electron chi connectivity index (χ3n) is 6.00. The van der Waals surface area contributed by atoms with Crippen LogP contribution >= 0.6 is 0 Å². The van der Waals surface area contributed by atoms with Gasteiger partial charge in [0.25, 0.3) is 0 Å². The van der Waals surface area contributed by atoms with E-state index in [0.29, 0.717) is 25.0 Å². The Morgan fingerprint density at radius 1 is 1.32 bits per heavy atom. The summed E-state index contributed by atoms with van der Waals surface area (Å²) >= 11 is 0. The van der Waals surface area contributed by atoms with Crippen LogP contribution in [-0.4, -0.2) is 30.6 Å². The molecule has 6 atom stereocenters. The predicted octanol–water partition coefficient (Wildman–Crippen LogP) is 3.08. The summed E-state index contributed by atoms with van der Waals surface area (Å²) < 4.78 is 11.3. The Morgan fingerprint density at radius 2 is 2.09 bits per heavy atom. The van der Waals surface area contributed by atoms with Crippen molar-refractivity contribution in [2.75, 3.05) is 13.2 Å². The minimum atomic E-state index is -0.605. The topological polar surface area (TPSA) is 54.0 Å². The summed E-state index contributed by atoms with van der Waals surface area (Å²) in [5, 5.41) is 0. The summed E-state index contributed by atoms with van der Waals surface area (Å²) in [6.45, 7) is 8.87.